The predicted molar refractivity (Wildman–Crippen MR) is 88.8 cm³/mol. The van der Waals surface area contributed by atoms with Gasteiger partial charge < -0.3 is 20.1 Å². The van der Waals surface area contributed by atoms with Gasteiger partial charge in [0.15, 0.2) is 11.5 Å². The third kappa shape index (κ3) is 3.87. The number of rotatable bonds is 5. The van der Waals surface area contributed by atoms with Gasteiger partial charge in [0.1, 0.15) is 6.10 Å². The number of nitrogens with zero attached hydrogens (tertiary/aromatic N) is 3. The lowest BCUT2D eigenvalue weighted by Gasteiger charge is -2.33. The Bertz CT molecular complexity index is 663. The average molecular weight is 328 g/mol. The number of aliphatic hydroxyl groups excluding tert-OH is 1. The molecule has 0 bridgehead atoms. The molecule has 1 atom stereocenters. The van der Waals surface area contributed by atoms with E-state index in [9.17, 15) is 4.79 Å². The SMILES string of the molecule is O=C(NCCO)c1ccc(N2CCO[C@@H](c3ccccc3)C2)nn1. The van der Waals surface area contributed by atoms with E-state index < -0.39 is 0 Å². The highest BCUT2D eigenvalue weighted by atomic mass is 16.5. The van der Waals surface area contributed by atoms with Crippen molar-refractivity contribution in [1.29, 1.82) is 0 Å². The lowest BCUT2D eigenvalue weighted by Crippen LogP contribution is -2.39. The predicted octanol–water partition coefficient (Wildman–Crippen LogP) is 0.777. The third-order valence-electron chi connectivity index (χ3n) is 3.84. The number of aliphatic hydroxyl groups is 1. The fourth-order valence-corrected chi connectivity index (χ4v) is 2.60. The lowest BCUT2D eigenvalue weighted by molar-refractivity contribution is 0.0394. The zero-order valence-corrected chi connectivity index (χ0v) is 13.3. The Balaban J connectivity index is 1.66. The number of benzene rings is 1. The van der Waals surface area contributed by atoms with Crippen molar-refractivity contribution in [1.82, 2.24) is 15.5 Å². The van der Waals surface area contributed by atoms with Crippen LogP contribution in [0.5, 0.6) is 0 Å². The summed E-state index contributed by atoms with van der Waals surface area (Å²) in [7, 11) is 0. The summed E-state index contributed by atoms with van der Waals surface area (Å²) < 4.78 is 5.84. The number of morpholine rings is 1. The van der Waals surface area contributed by atoms with Gasteiger partial charge in [-0.05, 0) is 17.7 Å². The van der Waals surface area contributed by atoms with E-state index >= 15 is 0 Å². The molecule has 7 nitrogen and oxygen atoms in total. The summed E-state index contributed by atoms with van der Waals surface area (Å²) in [5.74, 6) is 0.380. The Morgan fingerprint density at radius 1 is 1.25 bits per heavy atom. The summed E-state index contributed by atoms with van der Waals surface area (Å²) in [6.45, 7) is 2.12. The van der Waals surface area contributed by atoms with Gasteiger partial charge >= 0.3 is 0 Å². The number of carbonyl (C=O) groups excluding carboxylic acids is 1. The molecule has 1 fully saturated rings. The molecule has 1 aliphatic rings. The summed E-state index contributed by atoms with van der Waals surface area (Å²) in [6, 6.07) is 13.5. The zero-order valence-electron chi connectivity index (χ0n) is 13.3. The third-order valence-corrected chi connectivity index (χ3v) is 3.84. The molecule has 2 aromatic rings. The highest BCUT2D eigenvalue weighted by Gasteiger charge is 2.23. The Hall–Kier alpha value is -2.51. The number of ether oxygens (including phenoxy) is 1. The van der Waals surface area contributed by atoms with Crippen LogP contribution < -0.4 is 10.2 Å². The molecule has 24 heavy (non-hydrogen) atoms. The van der Waals surface area contributed by atoms with Crippen molar-refractivity contribution >= 4 is 11.7 Å². The molecular formula is C17H20N4O3. The van der Waals surface area contributed by atoms with Crippen molar-refractivity contribution in [3.63, 3.8) is 0 Å². The second kappa shape index (κ2) is 7.85. The van der Waals surface area contributed by atoms with Crippen molar-refractivity contribution in [3.05, 3.63) is 53.7 Å². The number of nitrogens with one attached hydrogen (secondary N) is 1. The van der Waals surface area contributed by atoms with E-state index in [1.165, 1.54) is 0 Å². The molecule has 1 aromatic carbocycles. The summed E-state index contributed by atoms with van der Waals surface area (Å²) in [4.78, 5) is 13.9. The fourth-order valence-electron chi connectivity index (χ4n) is 2.60. The minimum atomic E-state index is -0.341. The van der Waals surface area contributed by atoms with Gasteiger partial charge in [0, 0.05) is 19.6 Å². The van der Waals surface area contributed by atoms with Crippen LogP contribution >= 0.6 is 0 Å². The van der Waals surface area contributed by atoms with Gasteiger partial charge in [-0.2, -0.15) is 0 Å². The van der Waals surface area contributed by atoms with E-state index in [-0.39, 0.29) is 30.9 Å². The van der Waals surface area contributed by atoms with Crippen molar-refractivity contribution < 1.29 is 14.6 Å². The monoisotopic (exact) mass is 328 g/mol. The molecule has 0 saturated carbocycles. The number of anilines is 1. The average Bonchev–Trinajstić information content (AvgIpc) is 2.67. The van der Waals surface area contributed by atoms with Crippen LogP contribution in [-0.4, -0.2) is 54.1 Å². The molecule has 7 heteroatoms. The van der Waals surface area contributed by atoms with Gasteiger partial charge in [-0.3, -0.25) is 4.79 Å². The van der Waals surface area contributed by atoms with Gasteiger partial charge in [0.05, 0.1) is 13.2 Å². The maximum absolute atomic E-state index is 11.8. The molecule has 1 aliphatic heterocycles. The first-order chi connectivity index (χ1) is 11.8. The van der Waals surface area contributed by atoms with Crippen LogP contribution in [-0.2, 0) is 4.74 Å². The first-order valence-electron chi connectivity index (χ1n) is 7.92. The largest absolute Gasteiger partial charge is 0.395 e. The van der Waals surface area contributed by atoms with Gasteiger partial charge in [0.25, 0.3) is 5.91 Å². The minimum Gasteiger partial charge on any atom is -0.395 e. The highest BCUT2D eigenvalue weighted by Crippen LogP contribution is 2.24. The van der Waals surface area contributed by atoms with E-state index in [1.54, 1.807) is 12.1 Å². The summed E-state index contributed by atoms with van der Waals surface area (Å²) in [5.41, 5.74) is 1.37. The Kier molecular flexibility index (Phi) is 5.35. The van der Waals surface area contributed by atoms with Crippen LogP contribution in [0.1, 0.15) is 22.2 Å². The quantitative estimate of drug-likeness (QED) is 0.843. The molecule has 1 saturated heterocycles. The van der Waals surface area contributed by atoms with E-state index in [0.717, 1.165) is 17.9 Å². The van der Waals surface area contributed by atoms with E-state index in [4.69, 9.17) is 9.84 Å². The van der Waals surface area contributed by atoms with Crippen molar-refractivity contribution in [2.24, 2.45) is 0 Å². The number of carbonyl (C=O) groups is 1. The number of aromatic nitrogens is 2. The molecule has 2 N–H and O–H groups in total. The molecule has 2 heterocycles. The van der Waals surface area contributed by atoms with E-state index in [0.29, 0.717) is 13.2 Å². The molecule has 126 valence electrons. The Morgan fingerprint density at radius 3 is 2.79 bits per heavy atom. The van der Waals surface area contributed by atoms with Crippen molar-refractivity contribution in [3.8, 4) is 0 Å². The first kappa shape index (κ1) is 16.4. The van der Waals surface area contributed by atoms with Crippen LogP contribution in [0.3, 0.4) is 0 Å². The second-order valence-corrected chi connectivity index (χ2v) is 5.47. The van der Waals surface area contributed by atoms with E-state index in [2.05, 4.69) is 32.5 Å². The normalized spacial score (nSPS) is 17.5. The topological polar surface area (TPSA) is 87.6 Å². The summed E-state index contributed by atoms with van der Waals surface area (Å²) >= 11 is 0. The smallest absolute Gasteiger partial charge is 0.271 e. The Morgan fingerprint density at radius 2 is 2.08 bits per heavy atom. The molecule has 3 rings (SSSR count). The maximum atomic E-state index is 11.8. The Labute approximate surface area is 140 Å². The first-order valence-corrected chi connectivity index (χ1v) is 7.92. The number of amides is 1. The van der Waals surface area contributed by atoms with Crippen molar-refractivity contribution in [2.45, 2.75) is 6.10 Å². The van der Waals surface area contributed by atoms with E-state index in [1.807, 2.05) is 18.2 Å². The second-order valence-electron chi connectivity index (χ2n) is 5.47. The fraction of sp³-hybridized carbons (Fsp3) is 0.353. The zero-order chi connectivity index (χ0) is 16.8. The van der Waals surface area contributed by atoms with Crippen LogP contribution in [0.2, 0.25) is 0 Å². The standard InChI is InChI=1S/C17H20N4O3/c22-10-8-18-17(23)14-6-7-16(20-19-14)21-9-11-24-15(12-21)13-4-2-1-3-5-13/h1-7,15,22H,8-12H2,(H,18,23)/t15-/m1/s1. The van der Waals surface area contributed by atoms with Crippen LogP contribution in [0.25, 0.3) is 0 Å². The number of hydrogen-bond acceptors (Lipinski definition) is 6. The molecule has 1 amide bonds. The van der Waals surface area contributed by atoms with Crippen LogP contribution in [0.15, 0.2) is 42.5 Å². The molecule has 0 unspecified atom stereocenters. The van der Waals surface area contributed by atoms with Crippen molar-refractivity contribution in [2.75, 3.05) is 37.7 Å². The van der Waals surface area contributed by atoms with Gasteiger partial charge in [-0.15, -0.1) is 10.2 Å². The highest BCUT2D eigenvalue weighted by molar-refractivity contribution is 5.92. The molecule has 0 radical (unpaired) electrons. The van der Waals surface area contributed by atoms with Crippen LogP contribution in [0.4, 0.5) is 5.82 Å². The molecule has 0 aliphatic carbocycles. The van der Waals surface area contributed by atoms with Gasteiger partial charge in [0.2, 0.25) is 0 Å². The van der Waals surface area contributed by atoms with Crippen LogP contribution in [0, 0.1) is 0 Å². The number of hydrogen-bond donors (Lipinski definition) is 2. The summed E-state index contributed by atoms with van der Waals surface area (Å²) in [6.07, 6.45) is -0.00530. The maximum Gasteiger partial charge on any atom is 0.271 e. The summed E-state index contributed by atoms with van der Waals surface area (Å²) in [5, 5.41) is 19.4. The lowest BCUT2D eigenvalue weighted by atomic mass is 10.1. The van der Waals surface area contributed by atoms with Gasteiger partial charge in [-0.25, -0.2) is 0 Å². The minimum absolute atomic E-state index is 0.00530. The van der Waals surface area contributed by atoms with Gasteiger partial charge in [-0.1, -0.05) is 30.3 Å². The molecule has 1 aromatic heterocycles. The molecule has 0 spiro atoms. The molecular weight excluding hydrogens is 308 g/mol.